The standard InChI is InChI=1S/C25H34N8O6S/c1-12(5-14(34)8-32-11-28-29-30-32)19-20-13(2)22(21(25(37)38)33(20)24(19)36)40-15-6-16(27-7-15)23(35)31-9-17-18(10-31)39-4-3-26-17/h11-13,15-20,26-27H,3-10H2,1-2H3,(H,37,38)/t12-,13+,15-,16-,17-,18+,19+,20+/m0/s1. The van der Waals surface area contributed by atoms with Gasteiger partial charge >= 0.3 is 5.97 Å². The number of rotatable bonds is 9. The molecule has 3 N–H and O–H groups in total. The van der Waals surface area contributed by atoms with Crippen molar-refractivity contribution in [3.63, 3.8) is 0 Å². The SMILES string of the molecule is C[C@@H](CC(=O)Cn1cnnn1)[C@H]1C(=O)N2C(C(=O)O)=C(S[C@@H]3CN[C@H](C(=O)N4C[C@@H]5NCCO[C@@H]5C4)C3)[C@H](C)[C@H]12. The zero-order valence-electron chi connectivity index (χ0n) is 22.4. The van der Waals surface area contributed by atoms with Crippen molar-refractivity contribution < 1.29 is 29.0 Å². The predicted molar refractivity (Wildman–Crippen MR) is 140 cm³/mol. The number of morpholine rings is 1. The van der Waals surface area contributed by atoms with Crippen molar-refractivity contribution in [3.8, 4) is 0 Å². The zero-order chi connectivity index (χ0) is 28.1. The summed E-state index contributed by atoms with van der Waals surface area (Å²) in [6.07, 6.45) is 2.15. The fraction of sp³-hybridized carbons (Fsp3) is 0.720. The van der Waals surface area contributed by atoms with E-state index < -0.39 is 11.9 Å². The smallest absolute Gasteiger partial charge is 0.353 e. The van der Waals surface area contributed by atoms with E-state index in [0.717, 1.165) is 6.54 Å². The molecule has 5 aliphatic heterocycles. The van der Waals surface area contributed by atoms with Crippen LogP contribution in [0.15, 0.2) is 16.9 Å². The average molecular weight is 575 g/mol. The zero-order valence-corrected chi connectivity index (χ0v) is 23.2. The number of β-lactam (4-membered cyclic amide) rings is 1. The molecule has 0 unspecified atom stereocenters. The van der Waals surface area contributed by atoms with Crippen molar-refractivity contribution in [1.82, 2.24) is 40.6 Å². The number of ketones is 1. The van der Waals surface area contributed by atoms with Crippen LogP contribution in [0.4, 0.5) is 0 Å². The minimum Gasteiger partial charge on any atom is -0.477 e. The van der Waals surface area contributed by atoms with Crippen molar-refractivity contribution in [2.75, 3.05) is 32.8 Å². The van der Waals surface area contributed by atoms with Gasteiger partial charge < -0.3 is 30.3 Å². The normalized spacial score (nSPS) is 34.0. The van der Waals surface area contributed by atoms with Crippen LogP contribution in [0, 0.1) is 17.8 Å². The van der Waals surface area contributed by atoms with Gasteiger partial charge in [0.2, 0.25) is 11.8 Å². The Kier molecular flexibility index (Phi) is 7.39. The molecule has 14 nitrogen and oxygen atoms in total. The number of ether oxygens (including phenoxy) is 1. The molecule has 0 aliphatic carbocycles. The Hall–Kier alpha value is -2.88. The number of tetrazole rings is 1. The Morgan fingerprint density at radius 1 is 1.27 bits per heavy atom. The molecule has 6 rings (SSSR count). The maximum atomic E-state index is 13.2. The number of nitrogens with one attached hydrogen (secondary N) is 2. The van der Waals surface area contributed by atoms with E-state index in [9.17, 15) is 24.3 Å². The Labute approximate surface area is 235 Å². The quantitative estimate of drug-likeness (QED) is 0.298. The molecule has 1 aromatic heterocycles. The van der Waals surface area contributed by atoms with Crippen molar-refractivity contribution in [2.45, 2.75) is 62.7 Å². The third-order valence-electron chi connectivity index (χ3n) is 8.78. The molecule has 40 heavy (non-hydrogen) atoms. The van der Waals surface area contributed by atoms with Crippen LogP contribution in [0.3, 0.4) is 0 Å². The number of carboxylic acid groups (broad SMARTS) is 1. The number of Topliss-reactive ketones (excluding diaryl/α,β-unsaturated/α-hetero) is 1. The summed E-state index contributed by atoms with van der Waals surface area (Å²) in [5.41, 5.74) is 0.0394. The molecule has 2 amide bonds. The highest BCUT2D eigenvalue weighted by Crippen LogP contribution is 2.53. The number of carbonyl (C=O) groups excluding carboxylic acids is 3. The second-order valence-electron chi connectivity index (χ2n) is 11.4. The van der Waals surface area contributed by atoms with Crippen LogP contribution >= 0.6 is 11.8 Å². The summed E-state index contributed by atoms with van der Waals surface area (Å²) in [5.74, 6) is -2.30. The van der Waals surface area contributed by atoms with Gasteiger partial charge in [0.1, 0.15) is 18.6 Å². The summed E-state index contributed by atoms with van der Waals surface area (Å²) in [7, 11) is 0. The number of aliphatic carboxylic acids is 1. The molecule has 6 heterocycles. The number of hydrogen-bond acceptors (Lipinski definition) is 11. The van der Waals surface area contributed by atoms with E-state index in [4.69, 9.17) is 4.74 Å². The van der Waals surface area contributed by atoms with E-state index in [0.29, 0.717) is 37.6 Å². The summed E-state index contributed by atoms with van der Waals surface area (Å²) in [5, 5.41) is 27.6. The molecular weight excluding hydrogens is 540 g/mol. The lowest BCUT2D eigenvalue weighted by Gasteiger charge is -2.47. The van der Waals surface area contributed by atoms with Crippen LogP contribution in [0.5, 0.6) is 0 Å². The highest BCUT2D eigenvalue weighted by molar-refractivity contribution is 8.03. The first kappa shape index (κ1) is 27.3. The minimum absolute atomic E-state index is 0.00236. The number of carboxylic acids is 1. The number of amides is 2. The highest BCUT2D eigenvalue weighted by Gasteiger charge is 2.60. The van der Waals surface area contributed by atoms with Gasteiger partial charge in [0.15, 0.2) is 5.78 Å². The van der Waals surface area contributed by atoms with Crippen molar-refractivity contribution in [1.29, 1.82) is 0 Å². The summed E-state index contributed by atoms with van der Waals surface area (Å²) in [4.78, 5) is 55.3. The van der Waals surface area contributed by atoms with E-state index in [-0.39, 0.29) is 77.6 Å². The van der Waals surface area contributed by atoms with Crippen LogP contribution in [-0.4, -0.2) is 121 Å². The topological polar surface area (TPSA) is 172 Å². The first-order chi connectivity index (χ1) is 19.2. The molecule has 0 bridgehead atoms. The molecule has 4 fully saturated rings. The lowest BCUT2D eigenvalue weighted by Crippen LogP contribution is -2.62. The highest BCUT2D eigenvalue weighted by atomic mass is 32.2. The van der Waals surface area contributed by atoms with E-state index in [2.05, 4.69) is 26.2 Å². The van der Waals surface area contributed by atoms with Gasteiger partial charge in [-0.25, -0.2) is 9.48 Å². The second kappa shape index (κ2) is 10.8. The van der Waals surface area contributed by atoms with Gasteiger partial charge in [-0.3, -0.25) is 14.4 Å². The number of likely N-dealkylation sites (tertiary alicyclic amines) is 1. The maximum Gasteiger partial charge on any atom is 0.353 e. The summed E-state index contributed by atoms with van der Waals surface area (Å²) < 4.78 is 7.15. The van der Waals surface area contributed by atoms with Gasteiger partial charge in [-0.05, 0) is 22.8 Å². The lowest BCUT2D eigenvalue weighted by molar-refractivity contribution is -0.160. The van der Waals surface area contributed by atoms with Gasteiger partial charge in [0, 0.05) is 48.7 Å². The summed E-state index contributed by atoms with van der Waals surface area (Å²) in [6, 6.07) is -0.468. The van der Waals surface area contributed by atoms with Crippen molar-refractivity contribution in [3.05, 3.63) is 16.9 Å². The lowest BCUT2D eigenvalue weighted by atomic mass is 9.73. The Balaban J connectivity index is 1.08. The molecule has 0 saturated carbocycles. The summed E-state index contributed by atoms with van der Waals surface area (Å²) in [6.45, 7) is 7.06. The molecule has 216 valence electrons. The fourth-order valence-corrected chi connectivity index (χ4v) is 8.38. The van der Waals surface area contributed by atoms with Crippen LogP contribution < -0.4 is 10.6 Å². The van der Waals surface area contributed by atoms with Crippen LogP contribution in [0.1, 0.15) is 26.7 Å². The third kappa shape index (κ3) is 4.82. The number of fused-ring (bicyclic) bond motifs is 2. The van der Waals surface area contributed by atoms with Gasteiger partial charge in [0.05, 0.1) is 36.8 Å². The van der Waals surface area contributed by atoms with Crippen LogP contribution in [0.2, 0.25) is 0 Å². The van der Waals surface area contributed by atoms with E-state index >= 15 is 0 Å². The Morgan fingerprint density at radius 2 is 2.10 bits per heavy atom. The minimum atomic E-state index is -1.13. The van der Waals surface area contributed by atoms with E-state index in [1.165, 1.54) is 27.7 Å². The molecule has 5 aliphatic rings. The van der Waals surface area contributed by atoms with Gasteiger partial charge in [-0.2, -0.15) is 0 Å². The van der Waals surface area contributed by atoms with E-state index in [1.807, 2.05) is 18.7 Å². The van der Waals surface area contributed by atoms with Gasteiger partial charge in [0.25, 0.3) is 0 Å². The monoisotopic (exact) mass is 574 g/mol. The molecule has 4 saturated heterocycles. The molecule has 0 aromatic carbocycles. The second-order valence-corrected chi connectivity index (χ2v) is 12.8. The largest absolute Gasteiger partial charge is 0.477 e. The van der Waals surface area contributed by atoms with Crippen LogP contribution in [0.25, 0.3) is 0 Å². The number of carbonyl (C=O) groups is 4. The number of thioether (sulfide) groups is 1. The van der Waals surface area contributed by atoms with Crippen molar-refractivity contribution in [2.24, 2.45) is 17.8 Å². The van der Waals surface area contributed by atoms with Crippen molar-refractivity contribution >= 4 is 35.3 Å². The summed E-state index contributed by atoms with van der Waals surface area (Å²) >= 11 is 1.47. The first-order valence-corrected chi connectivity index (χ1v) is 14.7. The Morgan fingerprint density at radius 3 is 2.83 bits per heavy atom. The third-order valence-corrected chi connectivity index (χ3v) is 10.3. The maximum absolute atomic E-state index is 13.2. The van der Waals surface area contributed by atoms with Crippen LogP contribution in [-0.2, 0) is 30.5 Å². The number of aromatic nitrogens is 4. The number of hydrogen-bond donors (Lipinski definition) is 3. The Bertz CT molecular complexity index is 1210. The molecule has 0 radical (unpaired) electrons. The first-order valence-electron chi connectivity index (χ1n) is 13.8. The van der Waals surface area contributed by atoms with E-state index in [1.54, 1.807) is 0 Å². The molecule has 0 spiro atoms. The van der Waals surface area contributed by atoms with Gasteiger partial charge in [-0.15, -0.1) is 16.9 Å². The molecule has 1 aromatic rings. The van der Waals surface area contributed by atoms with Gasteiger partial charge in [-0.1, -0.05) is 13.8 Å². The number of nitrogens with zero attached hydrogens (tertiary/aromatic N) is 6. The predicted octanol–water partition coefficient (Wildman–Crippen LogP) is -1.30. The molecular formula is C25H34N8O6S. The molecule has 15 heteroatoms. The fourth-order valence-electron chi connectivity index (χ4n) is 6.91. The molecule has 8 atom stereocenters. The average Bonchev–Trinajstić information content (AvgIpc) is 3.71.